The minimum absolute atomic E-state index is 0.0472. The Morgan fingerprint density at radius 1 is 1.25 bits per heavy atom. The van der Waals surface area contributed by atoms with Gasteiger partial charge in [-0.2, -0.15) is 0 Å². The van der Waals surface area contributed by atoms with E-state index in [2.05, 4.69) is 0 Å². The average molecular weight is 276 g/mol. The Bertz CT molecular complexity index is 518. The number of nitrogens with zero attached hydrogens (tertiary/aromatic N) is 1. The van der Waals surface area contributed by atoms with Crippen LogP contribution in [0.2, 0.25) is 0 Å². The molecule has 2 aliphatic rings. The lowest BCUT2D eigenvalue weighted by molar-refractivity contribution is -0.131. The van der Waals surface area contributed by atoms with E-state index in [1.807, 2.05) is 25.2 Å². The molecule has 5 nitrogen and oxygen atoms in total. The smallest absolute Gasteiger partial charge is 0.222 e. The molecule has 1 aromatic carbocycles. The first-order valence-electron chi connectivity index (χ1n) is 7.07. The second-order valence-corrected chi connectivity index (χ2v) is 5.41. The molecule has 1 amide bonds. The van der Waals surface area contributed by atoms with Crippen LogP contribution in [0.4, 0.5) is 0 Å². The van der Waals surface area contributed by atoms with Crippen molar-refractivity contribution >= 4 is 5.91 Å². The zero-order valence-electron chi connectivity index (χ0n) is 11.7. The Hall–Kier alpha value is -1.75. The van der Waals surface area contributed by atoms with Crippen molar-refractivity contribution in [1.82, 2.24) is 4.90 Å². The first-order chi connectivity index (χ1) is 9.66. The van der Waals surface area contributed by atoms with E-state index in [0.717, 1.165) is 29.9 Å². The summed E-state index contributed by atoms with van der Waals surface area (Å²) >= 11 is 0. The Balaban J connectivity index is 1.95. The van der Waals surface area contributed by atoms with Crippen molar-refractivity contribution in [2.24, 2.45) is 5.73 Å². The summed E-state index contributed by atoms with van der Waals surface area (Å²) < 4.78 is 11.1. The lowest BCUT2D eigenvalue weighted by atomic mass is 9.96. The molecular weight excluding hydrogens is 256 g/mol. The van der Waals surface area contributed by atoms with Crippen LogP contribution in [-0.4, -0.2) is 37.1 Å². The fraction of sp³-hybridized carbons (Fsp3) is 0.533. The number of hydrogen-bond acceptors (Lipinski definition) is 4. The van der Waals surface area contributed by atoms with Crippen LogP contribution in [0.1, 0.15) is 30.9 Å². The van der Waals surface area contributed by atoms with Crippen molar-refractivity contribution in [3.63, 3.8) is 0 Å². The molecule has 3 rings (SSSR count). The molecule has 2 aliphatic heterocycles. The summed E-state index contributed by atoms with van der Waals surface area (Å²) in [7, 11) is 1.83. The number of ether oxygens (including phenoxy) is 2. The van der Waals surface area contributed by atoms with Gasteiger partial charge in [-0.1, -0.05) is 6.07 Å². The van der Waals surface area contributed by atoms with Crippen molar-refractivity contribution in [3.8, 4) is 11.5 Å². The minimum Gasteiger partial charge on any atom is -0.486 e. The third-order valence-corrected chi connectivity index (χ3v) is 4.05. The van der Waals surface area contributed by atoms with Crippen molar-refractivity contribution in [3.05, 3.63) is 23.8 Å². The molecule has 0 aromatic heterocycles. The van der Waals surface area contributed by atoms with Crippen LogP contribution in [0, 0.1) is 0 Å². The van der Waals surface area contributed by atoms with Gasteiger partial charge in [-0.3, -0.25) is 4.79 Å². The molecule has 0 bridgehead atoms. The molecule has 1 saturated heterocycles. The van der Waals surface area contributed by atoms with Gasteiger partial charge in [0, 0.05) is 19.5 Å². The predicted molar refractivity (Wildman–Crippen MR) is 74.8 cm³/mol. The number of carbonyl (C=O) groups is 1. The number of carbonyl (C=O) groups excluding carboxylic acids is 1. The van der Waals surface area contributed by atoms with Gasteiger partial charge in [-0.05, 0) is 30.5 Å². The second-order valence-electron chi connectivity index (χ2n) is 5.41. The van der Waals surface area contributed by atoms with E-state index in [-0.39, 0.29) is 18.0 Å². The molecule has 0 radical (unpaired) electrons. The molecule has 1 aromatic rings. The first-order valence-corrected chi connectivity index (χ1v) is 7.07. The Morgan fingerprint density at radius 2 is 2.00 bits per heavy atom. The summed E-state index contributed by atoms with van der Waals surface area (Å²) in [6.45, 7) is 1.13. The van der Waals surface area contributed by atoms with E-state index in [1.54, 1.807) is 4.90 Å². The molecule has 5 heteroatoms. The molecule has 0 saturated carbocycles. The highest BCUT2D eigenvalue weighted by Crippen LogP contribution is 2.36. The quantitative estimate of drug-likeness (QED) is 0.843. The average Bonchev–Trinajstić information content (AvgIpc) is 2.58. The number of likely N-dealkylation sites (tertiary alicyclic amines) is 1. The van der Waals surface area contributed by atoms with E-state index in [1.165, 1.54) is 0 Å². The van der Waals surface area contributed by atoms with E-state index in [9.17, 15) is 4.79 Å². The summed E-state index contributed by atoms with van der Waals surface area (Å²) in [4.78, 5) is 13.8. The highest BCUT2D eigenvalue weighted by Gasteiger charge is 2.31. The number of rotatable bonds is 1. The second kappa shape index (κ2) is 5.32. The van der Waals surface area contributed by atoms with Gasteiger partial charge in [0.25, 0.3) is 0 Å². The summed E-state index contributed by atoms with van der Waals surface area (Å²) in [5.41, 5.74) is 7.29. The van der Waals surface area contributed by atoms with E-state index >= 15 is 0 Å². The van der Waals surface area contributed by atoms with Gasteiger partial charge in [-0.25, -0.2) is 0 Å². The van der Waals surface area contributed by atoms with Crippen LogP contribution in [0.3, 0.4) is 0 Å². The summed E-state index contributed by atoms with van der Waals surface area (Å²) in [5, 5.41) is 0. The Morgan fingerprint density at radius 3 is 2.80 bits per heavy atom. The topological polar surface area (TPSA) is 64.8 Å². The Kier molecular flexibility index (Phi) is 3.53. The zero-order valence-corrected chi connectivity index (χ0v) is 11.7. The number of nitrogens with two attached hydrogens (primary N) is 1. The van der Waals surface area contributed by atoms with Crippen molar-refractivity contribution < 1.29 is 14.3 Å². The summed E-state index contributed by atoms with van der Waals surface area (Å²) in [6.07, 6.45) is 2.28. The molecule has 2 atom stereocenters. The SMILES string of the molecule is CN1C(=O)CCCC(N)C1c1ccc2c(c1)OCCO2. The normalized spacial score (nSPS) is 26.3. The van der Waals surface area contributed by atoms with Gasteiger partial charge >= 0.3 is 0 Å². The third kappa shape index (κ3) is 2.33. The maximum atomic E-state index is 12.0. The third-order valence-electron chi connectivity index (χ3n) is 4.05. The number of hydrogen-bond donors (Lipinski definition) is 1. The van der Waals surface area contributed by atoms with Crippen LogP contribution < -0.4 is 15.2 Å². The van der Waals surface area contributed by atoms with Crippen LogP contribution >= 0.6 is 0 Å². The molecule has 20 heavy (non-hydrogen) atoms. The molecule has 2 unspecified atom stereocenters. The van der Waals surface area contributed by atoms with E-state index in [0.29, 0.717) is 19.6 Å². The van der Waals surface area contributed by atoms with Gasteiger partial charge < -0.3 is 20.1 Å². The zero-order chi connectivity index (χ0) is 14.1. The molecule has 1 fully saturated rings. The lowest BCUT2D eigenvalue weighted by Gasteiger charge is -2.31. The van der Waals surface area contributed by atoms with Gasteiger partial charge in [0.1, 0.15) is 13.2 Å². The fourth-order valence-electron chi connectivity index (χ4n) is 2.98. The van der Waals surface area contributed by atoms with Crippen molar-refractivity contribution in [1.29, 1.82) is 0 Å². The molecule has 2 N–H and O–H groups in total. The van der Waals surface area contributed by atoms with Crippen LogP contribution in [0.25, 0.3) is 0 Å². The highest BCUT2D eigenvalue weighted by molar-refractivity contribution is 5.77. The van der Waals surface area contributed by atoms with Crippen molar-refractivity contribution in [2.75, 3.05) is 20.3 Å². The lowest BCUT2D eigenvalue weighted by Crippen LogP contribution is -2.39. The fourth-order valence-corrected chi connectivity index (χ4v) is 2.98. The van der Waals surface area contributed by atoms with Gasteiger partial charge in [-0.15, -0.1) is 0 Å². The van der Waals surface area contributed by atoms with Crippen LogP contribution in [0.5, 0.6) is 11.5 Å². The summed E-state index contributed by atoms with van der Waals surface area (Å²) in [6, 6.07) is 5.69. The molecule has 108 valence electrons. The number of amides is 1. The minimum atomic E-state index is -0.0965. The highest BCUT2D eigenvalue weighted by atomic mass is 16.6. The Labute approximate surface area is 118 Å². The maximum absolute atomic E-state index is 12.0. The predicted octanol–water partition coefficient (Wildman–Crippen LogP) is 1.47. The van der Waals surface area contributed by atoms with E-state index in [4.69, 9.17) is 15.2 Å². The van der Waals surface area contributed by atoms with Gasteiger partial charge in [0.15, 0.2) is 11.5 Å². The molecule has 2 heterocycles. The molecular formula is C15H20N2O3. The summed E-state index contributed by atoms with van der Waals surface area (Å²) in [5.74, 6) is 1.65. The molecule has 0 spiro atoms. The largest absolute Gasteiger partial charge is 0.486 e. The van der Waals surface area contributed by atoms with Crippen molar-refractivity contribution in [2.45, 2.75) is 31.3 Å². The van der Waals surface area contributed by atoms with Crippen LogP contribution in [-0.2, 0) is 4.79 Å². The number of fused-ring (bicyclic) bond motifs is 1. The van der Waals surface area contributed by atoms with Crippen LogP contribution in [0.15, 0.2) is 18.2 Å². The van der Waals surface area contributed by atoms with E-state index < -0.39 is 0 Å². The van der Waals surface area contributed by atoms with Gasteiger partial charge in [0.05, 0.1) is 6.04 Å². The van der Waals surface area contributed by atoms with Gasteiger partial charge in [0.2, 0.25) is 5.91 Å². The monoisotopic (exact) mass is 276 g/mol. The first kappa shape index (κ1) is 13.2. The maximum Gasteiger partial charge on any atom is 0.222 e. The standard InChI is InChI=1S/C15H20N2O3/c1-17-14(18)4-2-3-11(16)15(17)10-5-6-12-13(9-10)20-8-7-19-12/h5-6,9,11,15H,2-4,7-8,16H2,1H3. The number of benzene rings is 1. The number of likely N-dealkylation sites (N-methyl/N-ethyl adjacent to an activating group) is 1. The molecule has 0 aliphatic carbocycles.